The molecule has 5 nitrogen and oxygen atoms in total. The second kappa shape index (κ2) is 8.57. The molecule has 1 aliphatic rings. The molecule has 0 saturated carbocycles. The Bertz CT molecular complexity index is 881. The minimum Gasteiger partial charge on any atom is -0.349 e. The molecule has 6 heteroatoms. The van der Waals surface area contributed by atoms with Crippen LogP contribution in [0.4, 0.5) is 5.69 Å². The number of nitrogens with one attached hydrogen (secondary N) is 1. The third-order valence-corrected chi connectivity index (χ3v) is 6.11. The van der Waals surface area contributed by atoms with Gasteiger partial charge in [0, 0.05) is 13.0 Å². The first kappa shape index (κ1) is 19.4. The fourth-order valence-corrected chi connectivity index (χ4v) is 4.60. The Morgan fingerprint density at radius 2 is 1.81 bits per heavy atom. The maximum Gasteiger partial charge on any atom is 0.232 e. The fraction of sp³-hybridized carbons (Fsp3) is 0.381. The first-order chi connectivity index (χ1) is 12.9. The molecule has 0 unspecified atom stereocenters. The predicted molar refractivity (Wildman–Crippen MR) is 108 cm³/mol. The molecular weight excluding hydrogens is 360 g/mol. The van der Waals surface area contributed by atoms with E-state index in [0.29, 0.717) is 18.5 Å². The van der Waals surface area contributed by atoms with Crippen LogP contribution < -0.4 is 9.62 Å². The summed E-state index contributed by atoms with van der Waals surface area (Å²) in [5.41, 5.74) is 3.14. The topological polar surface area (TPSA) is 66.5 Å². The number of aryl methyl sites for hydroxylation is 1. The van der Waals surface area contributed by atoms with Crippen LogP contribution in [0.1, 0.15) is 42.9 Å². The van der Waals surface area contributed by atoms with Crippen LogP contribution in [0, 0.1) is 0 Å². The average Bonchev–Trinajstić information content (AvgIpc) is 2.65. The van der Waals surface area contributed by atoms with Gasteiger partial charge in [0.15, 0.2) is 0 Å². The summed E-state index contributed by atoms with van der Waals surface area (Å²) in [7, 11) is -3.38. The molecule has 0 aromatic heterocycles. The summed E-state index contributed by atoms with van der Waals surface area (Å²) < 4.78 is 25.5. The number of hydrogen-bond acceptors (Lipinski definition) is 3. The Balaban J connectivity index is 1.56. The van der Waals surface area contributed by atoms with Gasteiger partial charge in [0.25, 0.3) is 0 Å². The van der Waals surface area contributed by atoms with Crippen LogP contribution in [0.25, 0.3) is 0 Å². The van der Waals surface area contributed by atoms with Crippen LogP contribution in [0.3, 0.4) is 0 Å². The van der Waals surface area contributed by atoms with Crippen molar-refractivity contribution in [2.75, 3.05) is 17.1 Å². The molecule has 1 atom stereocenters. The largest absolute Gasteiger partial charge is 0.349 e. The number of anilines is 1. The quantitative estimate of drug-likeness (QED) is 0.793. The molecule has 0 radical (unpaired) electrons. The Kier molecular flexibility index (Phi) is 6.16. The third-order valence-electron chi connectivity index (χ3n) is 4.91. The summed E-state index contributed by atoms with van der Waals surface area (Å²) in [6, 6.07) is 17.3. The van der Waals surface area contributed by atoms with E-state index < -0.39 is 10.0 Å². The van der Waals surface area contributed by atoms with E-state index >= 15 is 0 Å². The maximum atomic E-state index is 12.4. The van der Waals surface area contributed by atoms with Crippen molar-refractivity contribution < 1.29 is 13.2 Å². The van der Waals surface area contributed by atoms with Gasteiger partial charge in [0.05, 0.1) is 18.0 Å². The Hall–Kier alpha value is -2.34. The van der Waals surface area contributed by atoms with Crippen LogP contribution in [0.5, 0.6) is 0 Å². The molecule has 1 N–H and O–H groups in total. The predicted octanol–water partition coefficient (Wildman–Crippen LogP) is 3.43. The summed E-state index contributed by atoms with van der Waals surface area (Å²) >= 11 is 0. The van der Waals surface area contributed by atoms with Gasteiger partial charge in [-0.3, -0.25) is 9.10 Å². The van der Waals surface area contributed by atoms with Crippen LogP contribution in [-0.2, 0) is 21.2 Å². The Morgan fingerprint density at radius 1 is 1.11 bits per heavy atom. The molecule has 144 valence electrons. The molecule has 0 heterocycles. The van der Waals surface area contributed by atoms with Gasteiger partial charge in [-0.15, -0.1) is 0 Å². The van der Waals surface area contributed by atoms with Crippen molar-refractivity contribution in [2.45, 2.75) is 38.1 Å². The van der Waals surface area contributed by atoms with Crippen molar-refractivity contribution in [3.8, 4) is 0 Å². The lowest BCUT2D eigenvalue weighted by Crippen LogP contribution is -2.33. The molecule has 0 fully saturated rings. The van der Waals surface area contributed by atoms with Crippen molar-refractivity contribution in [3.05, 3.63) is 65.7 Å². The lowest BCUT2D eigenvalue weighted by atomic mass is 9.87. The molecule has 0 saturated heterocycles. The number of benzene rings is 2. The van der Waals surface area contributed by atoms with E-state index in [-0.39, 0.29) is 18.5 Å². The van der Waals surface area contributed by atoms with Crippen molar-refractivity contribution in [3.63, 3.8) is 0 Å². The number of carbonyl (C=O) groups is 1. The highest BCUT2D eigenvalue weighted by Gasteiger charge is 2.22. The van der Waals surface area contributed by atoms with Gasteiger partial charge in [0.2, 0.25) is 15.9 Å². The number of hydrogen-bond donors (Lipinski definition) is 1. The van der Waals surface area contributed by atoms with Crippen LogP contribution in [-0.4, -0.2) is 27.1 Å². The minimum absolute atomic E-state index is 0.0294. The number of para-hydroxylation sites is 1. The van der Waals surface area contributed by atoms with Crippen molar-refractivity contribution in [2.24, 2.45) is 0 Å². The monoisotopic (exact) mass is 386 g/mol. The van der Waals surface area contributed by atoms with E-state index in [9.17, 15) is 13.2 Å². The molecule has 0 spiro atoms. The molecule has 0 bridgehead atoms. The molecule has 1 aliphatic carbocycles. The summed E-state index contributed by atoms with van der Waals surface area (Å²) in [4.78, 5) is 12.4. The Labute approximate surface area is 161 Å². The molecule has 3 rings (SSSR count). The van der Waals surface area contributed by atoms with Gasteiger partial charge >= 0.3 is 0 Å². The smallest absolute Gasteiger partial charge is 0.232 e. The molecule has 2 aromatic rings. The maximum absolute atomic E-state index is 12.4. The van der Waals surface area contributed by atoms with Gasteiger partial charge in [-0.05, 0) is 48.9 Å². The van der Waals surface area contributed by atoms with Gasteiger partial charge in [0.1, 0.15) is 0 Å². The van der Waals surface area contributed by atoms with E-state index in [4.69, 9.17) is 0 Å². The van der Waals surface area contributed by atoms with E-state index in [0.717, 1.165) is 19.3 Å². The van der Waals surface area contributed by atoms with Crippen molar-refractivity contribution in [1.29, 1.82) is 0 Å². The van der Waals surface area contributed by atoms with E-state index in [2.05, 4.69) is 17.4 Å². The lowest BCUT2D eigenvalue weighted by molar-refractivity contribution is -0.122. The van der Waals surface area contributed by atoms with Crippen molar-refractivity contribution >= 4 is 21.6 Å². The van der Waals surface area contributed by atoms with Gasteiger partial charge in [-0.1, -0.05) is 42.5 Å². The highest BCUT2D eigenvalue weighted by atomic mass is 32.2. The first-order valence-electron chi connectivity index (χ1n) is 9.35. The first-order valence-corrected chi connectivity index (χ1v) is 11.2. The van der Waals surface area contributed by atoms with Crippen LogP contribution in [0.2, 0.25) is 0 Å². The molecule has 1 amide bonds. The van der Waals surface area contributed by atoms with Crippen LogP contribution >= 0.6 is 0 Å². The second-order valence-corrected chi connectivity index (χ2v) is 8.89. The van der Waals surface area contributed by atoms with E-state index in [1.165, 1.54) is 21.7 Å². The molecular formula is C21H26N2O3S. The van der Waals surface area contributed by atoms with E-state index in [1.54, 1.807) is 24.3 Å². The fourth-order valence-electron chi connectivity index (χ4n) is 3.63. The highest BCUT2D eigenvalue weighted by Crippen LogP contribution is 2.29. The van der Waals surface area contributed by atoms with E-state index in [1.807, 2.05) is 18.2 Å². The van der Waals surface area contributed by atoms with Gasteiger partial charge in [-0.2, -0.15) is 0 Å². The number of rotatable bonds is 7. The lowest BCUT2D eigenvalue weighted by Gasteiger charge is -2.26. The number of sulfonamides is 1. The zero-order valence-electron chi connectivity index (χ0n) is 15.6. The Morgan fingerprint density at radius 3 is 2.56 bits per heavy atom. The number of carbonyl (C=O) groups excluding carboxylic acids is 1. The normalized spacial score (nSPS) is 16.4. The number of nitrogens with zero attached hydrogens (tertiary/aromatic N) is 1. The molecule has 27 heavy (non-hydrogen) atoms. The standard InChI is InChI=1S/C21H26N2O3S/c1-27(25,26)23(18-11-3-2-4-12-18)16-8-15-21(24)22-20-14-7-10-17-9-5-6-13-19(17)20/h2-6,9,11-13,20H,7-8,10,14-16H2,1H3,(H,22,24)/t20-/m0/s1. The molecule has 0 aliphatic heterocycles. The number of amides is 1. The minimum atomic E-state index is -3.38. The summed E-state index contributed by atoms with van der Waals surface area (Å²) in [6.45, 7) is 0.289. The highest BCUT2D eigenvalue weighted by molar-refractivity contribution is 7.92. The second-order valence-electron chi connectivity index (χ2n) is 6.99. The SMILES string of the molecule is CS(=O)(=O)N(CCCC(=O)N[C@H]1CCCc2ccccc21)c1ccccc1. The number of fused-ring (bicyclic) bond motifs is 1. The average molecular weight is 387 g/mol. The van der Waals surface area contributed by atoms with Crippen molar-refractivity contribution in [1.82, 2.24) is 5.32 Å². The third kappa shape index (κ3) is 5.10. The van der Waals surface area contributed by atoms with Gasteiger partial charge in [-0.25, -0.2) is 8.42 Å². The zero-order chi connectivity index (χ0) is 19.3. The summed E-state index contributed by atoms with van der Waals surface area (Å²) in [5.74, 6) is -0.0294. The summed E-state index contributed by atoms with van der Waals surface area (Å²) in [5, 5.41) is 3.12. The molecule has 2 aromatic carbocycles. The zero-order valence-corrected chi connectivity index (χ0v) is 16.4. The van der Waals surface area contributed by atoms with Crippen LogP contribution in [0.15, 0.2) is 54.6 Å². The summed E-state index contributed by atoms with van der Waals surface area (Å²) in [6.07, 6.45) is 5.04. The van der Waals surface area contributed by atoms with Gasteiger partial charge < -0.3 is 5.32 Å².